The molecule has 0 bridgehead atoms. The van der Waals surface area contributed by atoms with E-state index in [-0.39, 0.29) is 24.9 Å². The number of rotatable bonds is 6. The molecule has 0 saturated carbocycles. The molecular weight excluding hydrogens is 282 g/mol. The molecule has 0 radical (unpaired) electrons. The van der Waals surface area contributed by atoms with Crippen molar-refractivity contribution in [2.45, 2.75) is 38.6 Å². The summed E-state index contributed by atoms with van der Waals surface area (Å²) in [5.41, 5.74) is 6.76. The van der Waals surface area contributed by atoms with Crippen LogP contribution >= 0.6 is 0 Å². The minimum atomic E-state index is -0.544. The zero-order valence-electron chi connectivity index (χ0n) is 13.1. The highest BCUT2D eigenvalue weighted by Crippen LogP contribution is 2.28. The SMILES string of the molecule is Cc1cc(CCC(=O)NCC(N)=O)nc(C2CCCN2C)n1. The number of aromatic nitrogens is 2. The van der Waals surface area contributed by atoms with Crippen LogP contribution in [0.5, 0.6) is 0 Å². The highest BCUT2D eigenvalue weighted by Gasteiger charge is 2.25. The van der Waals surface area contributed by atoms with Crippen molar-refractivity contribution >= 4 is 11.8 Å². The van der Waals surface area contributed by atoms with Crippen LogP contribution in [0.4, 0.5) is 0 Å². The number of nitrogens with zero attached hydrogens (tertiary/aromatic N) is 3. The topological polar surface area (TPSA) is 101 Å². The van der Waals surface area contributed by atoms with Crippen molar-refractivity contribution in [2.75, 3.05) is 20.1 Å². The molecule has 1 unspecified atom stereocenters. The summed E-state index contributed by atoms with van der Waals surface area (Å²) in [6, 6.07) is 2.17. The van der Waals surface area contributed by atoms with Crippen molar-refractivity contribution in [3.05, 3.63) is 23.3 Å². The Labute approximate surface area is 130 Å². The Morgan fingerprint density at radius 3 is 2.86 bits per heavy atom. The fourth-order valence-electron chi connectivity index (χ4n) is 2.69. The van der Waals surface area contributed by atoms with Gasteiger partial charge in [-0.2, -0.15) is 0 Å². The summed E-state index contributed by atoms with van der Waals surface area (Å²) in [5, 5.41) is 2.48. The lowest BCUT2D eigenvalue weighted by Crippen LogP contribution is -2.33. The first-order chi connectivity index (χ1) is 10.5. The average Bonchev–Trinajstić information content (AvgIpc) is 2.88. The van der Waals surface area contributed by atoms with Gasteiger partial charge in [0.15, 0.2) is 0 Å². The van der Waals surface area contributed by atoms with Gasteiger partial charge in [0, 0.05) is 17.8 Å². The lowest BCUT2D eigenvalue weighted by atomic mass is 10.1. The third-order valence-corrected chi connectivity index (χ3v) is 3.81. The van der Waals surface area contributed by atoms with Crippen LogP contribution in [0.2, 0.25) is 0 Å². The number of carbonyl (C=O) groups excluding carboxylic acids is 2. The molecular formula is C15H23N5O2. The van der Waals surface area contributed by atoms with E-state index < -0.39 is 5.91 Å². The number of nitrogens with two attached hydrogens (primary N) is 1. The minimum absolute atomic E-state index is 0.125. The molecule has 7 heteroatoms. The smallest absolute Gasteiger partial charge is 0.236 e. The largest absolute Gasteiger partial charge is 0.368 e. The van der Waals surface area contributed by atoms with Crippen LogP contribution in [0.3, 0.4) is 0 Å². The molecule has 1 fully saturated rings. The summed E-state index contributed by atoms with van der Waals surface area (Å²) in [6.07, 6.45) is 3.03. The molecule has 2 rings (SSSR count). The molecule has 2 heterocycles. The zero-order valence-corrected chi connectivity index (χ0v) is 13.1. The Hall–Kier alpha value is -2.02. The molecule has 3 N–H and O–H groups in total. The van der Waals surface area contributed by atoms with Crippen molar-refractivity contribution in [3.8, 4) is 0 Å². The molecule has 0 spiro atoms. The first kappa shape index (κ1) is 16.4. The van der Waals surface area contributed by atoms with Gasteiger partial charge in [0.2, 0.25) is 11.8 Å². The van der Waals surface area contributed by atoms with Gasteiger partial charge in [-0.25, -0.2) is 9.97 Å². The number of carbonyl (C=O) groups is 2. The second kappa shape index (κ2) is 7.31. The van der Waals surface area contributed by atoms with Crippen LogP contribution in [0.15, 0.2) is 6.07 Å². The maximum absolute atomic E-state index is 11.6. The van der Waals surface area contributed by atoms with Crippen molar-refractivity contribution in [2.24, 2.45) is 5.73 Å². The lowest BCUT2D eigenvalue weighted by molar-refractivity contribution is -0.124. The fourth-order valence-corrected chi connectivity index (χ4v) is 2.69. The summed E-state index contributed by atoms with van der Waals surface area (Å²) in [5.74, 6) is 0.0972. The Morgan fingerprint density at radius 1 is 1.45 bits per heavy atom. The van der Waals surface area contributed by atoms with E-state index in [1.807, 2.05) is 13.0 Å². The highest BCUT2D eigenvalue weighted by atomic mass is 16.2. The van der Waals surface area contributed by atoms with Gasteiger partial charge < -0.3 is 11.1 Å². The summed E-state index contributed by atoms with van der Waals surface area (Å²) in [4.78, 5) is 33.7. The Kier molecular flexibility index (Phi) is 5.43. The summed E-state index contributed by atoms with van der Waals surface area (Å²) < 4.78 is 0. The van der Waals surface area contributed by atoms with E-state index in [2.05, 4.69) is 27.2 Å². The van der Waals surface area contributed by atoms with E-state index >= 15 is 0 Å². The number of aryl methyl sites for hydroxylation is 2. The molecule has 1 aliphatic rings. The molecule has 2 amide bonds. The van der Waals surface area contributed by atoms with Gasteiger partial charge in [-0.05, 0) is 45.8 Å². The predicted molar refractivity (Wildman–Crippen MR) is 81.9 cm³/mol. The van der Waals surface area contributed by atoms with Gasteiger partial charge in [0.1, 0.15) is 5.82 Å². The second-order valence-electron chi connectivity index (χ2n) is 5.74. The number of hydrogen-bond donors (Lipinski definition) is 2. The number of nitrogens with one attached hydrogen (secondary N) is 1. The number of likely N-dealkylation sites (tertiary alicyclic amines) is 1. The number of primary amides is 1. The maximum atomic E-state index is 11.6. The Bertz CT molecular complexity index is 561. The molecule has 7 nitrogen and oxygen atoms in total. The van der Waals surface area contributed by atoms with Gasteiger partial charge in [-0.15, -0.1) is 0 Å². The first-order valence-corrected chi connectivity index (χ1v) is 7.55. The van der Waals surface area contributed by atoms with E-state index in [0.29, 0.717) is 6.42 Å². The van der Waals surface area contributed by atoms with E-state index in [9.17, 15) is 9.59 Å². The zero-order chi connectivity index (χ0) is 16.1. The van der Waals surface area contributed by atoms with E-state index in [1.54, 1.807) is 0 Å². The maximum Gasteiger partial charge on any atom is 0.236 e. The lowest BCUT2D eigenvalue weighted by Gasteiger charge is -2.18. The van der Waals surface area contributed by atoms with Crippen molar-refractivity contribution in [3.63, 3.8) is 0 Å². The van der Waals surface area contributed by atoms with Gasteiger partial charge >= 0.3 is 0 Å². The quantitative estimate of drug-likeness (QED) is 0.775. The van der Waals surface area contributed by atoms with Crippen LogP contribution in [0, 0.1) is 6.92 Å². The highest BCUT2D eigenvalue weighted by molar-refractivity contribution is 5.83. The standard InChI is InChI=1S/C15H23N5O2/c1-10-8-11(5-6-14(22)17-9-13(16)21)19-15(18-10)12-4-3-7-20(12)2/h8,12H,3-7,9H2,1-2H3,(H2,16,21)(H,17,22). The molecule has 1 aliphatic heterocycles. The van der Waals surface area contributed by atoms with Gasteiger partial charge in [-0.3, -0.25) is 14.5 Å². The molecule has 1 saturated heterocycles. The summed E-state index contributed by atoms with van der Waals surface area (Å²) in [7, 11) is 2.08. The van der Waals surface area contributed by atoms with Gasteiger partial charge in [-0.1, -0.05) is 0 Å². The van der Waals surface area contributed by atoms with Crippen LogP contribution in [-0.2, 0) is 16.0 Å². The fraction of sp³-hybridized carbons (Fsp3) is 0.600. The molecule has 1 aromatic heterocycles. The molecule has 0 aliphatic carbocycles. The van der Waals surface area contributed by atoms with E-state index in [1.165, 1.54) is 0 Å². The minimum Gasteiger partial charge on any atom is -0.368 e. The number of hydrogen-bond acceptors (Lipinski definition) is 5. The second-order valence-corrected chi connectivity index (χ2v) is 5.74. The molecule has 1 atom stereocenters. The third-order valence-electron chi connectivity index (χ3n) is 3.81. The van der Waals surface area contributed by atoms with Crippen molar-refractivity contribution in [1.29, 1.82) is 0 Å². The van der Waals surface area contributed by atoms with Crippen LogP contribution in [0.1, 0.15) is 42.5 Å². The Morgan fingerprint density at radius 2 is 2.23 bits per heavy atom. The number of amides is 2. The molecule has 1 aromatic rings. The van der Waals surface area contributed by atoms with E-state index in [4.69, 9.17) is 5.73 Å². The molecule has 0 aromatic carbocycles. The van der Waals surface area contributed by atoms with Crippen LogP contribution in [0.25, 0.3) is 0 Å². The first-order valence-electron chi connectivity index (χ1n) is 7.55. The van der Waals surface area contributed by atoms with E-state index in [0.717, 1.165) is 36.6 Å². The summed E-state index contributed by atoms with van der Waals surface area (Å²) in [6.45, 7) is 2.88. The molecule has 120 valence electrons. The Balaban J connectivity index is 1.98. The normalized spacial score (nSPS) is 18.4. The van der Waals surface area contributed by atoms with Crippen molar-refractivity contribution < 1.29 is 9.59 Å². The monoisotopic (exact) mass is 305 g/mol. The van der Waals surface area contributed by atoms with Crippen molar-refractivity contribution in [1.82, 2.24) is 20.2 Å². The van der Waals surface area contributed by atoms with Gasteiger partial charge in [0.25, 0.3) is 0 Å². The predicted octanol–water partition coefficient (Wildman–Crippen LogP) is 0.0858. The summed E-state index contributed by atoms with van der Waals surface area (Å²) >= 11 is 0. The molecule has 22 heavy (non-hydrogen) atoms. The van der Waals surface area contributed by atoms with Gasteiger partial charge in [0.05, 0.1) is 12.6 Å². The average molecular weight is 305 g/mol. The third kappa shape index (κ3) is 4.49. The van der Waals surface area contributed by atoms with Crippen LogP contribution < -0.4 is 11.1 Å². The van der Waals surface area contributed by atoms with Crippen LogP contribution in [-0.4, -0.2) is 46.8 Å².